The summed E-state index contributed by atoms with van der Waals surface area (Å²) in [4.78, 5) is 27.9. The number of hydrogen-bond donors (Lipinski definition) is 1. The third-order valence-corrected chi connectivity index (χ3v) is 4.93. The molecule has 0 unspecified atom stereocenters. The van der Waals surface area contributed by atoms with Crippen LogP contribution in [0.15, 0.2) is 48.2 Å². The molecule has 27 heavy (non-hydrogen) atoms. The summed E-state index contributed by atoms with van der Waals surface area (Å²) in [5, 5.41) is 2.91. The molecule has 2 heterocycles. The third-order valence-electron chi connectivity index (χ3n) is 4.70. The number of amides is 3. The van der Waals surface area contributed by atoms with Crippen LogP contribution in [0.4, 0.5) is 20.6 Å². The number of benzene rings is 2. The van der Waals surface area contributed by atoms with Crippen LogP contribution >= 0.6 is 11.6 Å². The van der Waals surface area contributed by atoms with Gasteiger partial charge in [-0.05, 0) is 55.3 Å². The number of anilines is 2. The van der Waals surface area contributed by atoms with Crippen LogP contribution in [0.25, 0.3) is 6.08 Å². The topological polar surface area (TPSA) is 52.7 Å². The van der Waals surface area contributed by atoms with Crippen molar-refractivity contribution in [1.29, 1.82) is 0 Å². The Balaban J connectivity index is 1.61. The Hall–Kier alpha value is -2.86. The maximum absolute atomic E-state index is 14.5. The number of rotatable bonds is 3. The standard InChI is InChI=1S/C20H17ClFN3O2/c21-14-4-3-5-16(11-14)25-19(26)18(23-20(25)27)10-13-6-7-15(12-17(13)22)24-8-1-2-9-24/h3-7,10-12H,1-2,8-9H2,(H,23,27)/b18-10+. The molecular weight excluding hydrogens is 369 g/mol. The Bertz CT molecular complexity index is 954. The number of carbonyl (C=O) groups excluding carboxylic acids is 2. The largest absolute Gasteiger partial charge is 0.371 e. The first-order valence-electron chi connectivity index (χ1n) is 8.70. The van der Waals surface area contributed by atoms with Gasteiger partial charge in [-0.3, -0.25) is 4.79 Å². The van der Waals surface area contributed by atoms with Gasteiger partial charge in [0.2, 0.25) is 0 Å². The zero-order valence-corrected chi connectivity index (χ0v) is 15.2. The molecule has 0 bridgehead atoms. The minimum atomic E-state index is -0.595. The molecule has 2 aliphatic heterocycles. The predicted octanol–water partition coefficient (Wildman–Crippen LogP) is 4.18. The van der Waals surface area contributed by atoms with Gasteiger partial charge in [-0.15, -0.1) is 0 Å². The van der Waals surface area contributed by atoms with Gasteiger partial charge in [-0.25, -0.2) is 14.1 Å². The van der Waals surface area contributed by atoms with Crippen molar-refractivity contribution < 1.29 is 14.0 Å². The zero-order valence-electron chi connectivity index (χ0n) is 14.4. The molecular formula is C20H17ClFN3O2. The van der Waals surface area contributed by atoms with Gasteiger partial charge in [0.15, 0.2) is 0 Å². The second-order valence-corrected chi connectivity index (χ2v) is 6.95. The molecule has 2 aliphatic rings. The number of hydrogen-bond acceptors (Lipinski definition) is 3. The molecule has 2 aromatic carbocycles. The molecule has 0 spiro atoms. The SMILES string of the molecule is O=C1N/C(=C/c2ccc(N3CCCC3)cc2F)C(=O)N1c1cccc(Cl)c1. The highest BCUT2D eigenvalue weighted by Gasteiger charge is 2.35. The maximum Gasteiger partial charge on any atom is 0.333 e. The number of urea groups is 1. The minimum absolute atomic E-state index is 0.0211. The van der Waals surface area contributed by atoms with Crippen molar-refractivity contribution in [2.24, 2.45) is 0 Å². The van der Waals surface area contributed by atoms with Crippen molar-refractivity contribution in [3.63, 3.8) is 0 Å². The van der Waals surface area contributed by atoms with Gasteiger partial charge >= 0.3 is 6.03 Å². The summed E-state index contributed by atoms with van der Waals surface area (Å²) in [6.45, 7) is 1.84. The summed E-state index contributed by atoms with van der Waals surface area (Å²) in [5.41, 5.74) is 1.45. The van der Waals surface area contributed by atoms with E-state index >= 15 is 0 Å². The van der Waals surface area contributed by atoms with Gasteiger partial charge in [0.05, 0.1) is 5.69 Å². The molecule has 2 saturated heterocycles. The molecule has 0 saturated carbocycles. The highest BCUT2D eigenvalue weighted by Crippen LogP contribution is 2.27. The van der Waals surface area contributed by atoms with Crippen LogP contribution in [-0.2, 0) is 4.79 Å². The smallest absolute Gasteiger partial charge is 0.333 e. The van der Waals surface area contributed by atoms with Crippen LogP contribution in [0, 0.1) is 5.82 Å². The molecule has 3 amide bonds. The van der Waals surface area contributed by atoms with Gasteiger partial charge in [0.25, 0.3) is 5.91 Å². The lowest BCUT2D eigenvalue weighted by atomic mass is 10.1. The van der Waals surface area contributed by atoms with E-state index in [4.69, 9.17) is 11.6 Å². The fourth-order valence-corrected chi connectivity index (χ4v) is 3.53. The molecule has 7 heteroatoms. The van der Waals surface area contributed by atoms with Crippen molar-refractivity contribution in [3.8, 4) is 0 Å². The first kappa shape index (κ1) is 17.5. The second-order valence-electron chi connectivity index (χ2n) is 6.51. The van der Waals surface area contributed by atoms with Gasteiger partial charge in [-0.1, -0.05) is 17.7 Å². The minimum Gasteiger partial charge on any atom is -0.371 e. The van der Waals surface area contributed by atoms with Gasteiger partial charge < -0.3 is 10.2 Å². The number of nitrogens with one attached hydrogen (secondary N) is 1. The van der Waals surface area contributed by atoms with Crippen LogP contribution in [0.1, 0.15) is 18.4 Å². The van der Waals surface area contributed by atoms with E-state index in [1.165, 1.54) is 18.2 Å². The Morgan fingerprint density at radius 2 is 1.81 bits per heavy atom. The highest BCUT2D eigenvalue weighted by molar-refractivity contribution is 6.32. The summed E-state index contributed by atoms with van der Waals surface area (Å²) < 4.78 is 14.5. The van der Waals surface area contributed by atoms with E-state index in [0.717, 1.165) is 36.5 Å². The third kappa shape index (κ3) is 3.40. The first-order valence-corrected chi connectivity index (χ1v) is 9.08. The van der Waals surface area contributed by atoms with Crippen LogP contribution < -0.4 is 15.1 Å². The first-order chi connectivity index (χ1) is 13.0. The highest BCUT2D eigenvalue weighted by atomic mass is 35.5. The van der Waals surface area contributed by atoms with E-state index in [1.54, 1.807) is 24.3 Å². The normalized spacial score (nSPS) is 18.5. The molecule has 0 atom stereocenters. The van der Waals surface area contributed by atoms with E-state index in [-0.39, 0.29) is 11.3 Å². The van der Waals surface area contributed by atoms with E-state index < -0.39 is 17.8 Å². The van der Waals surface area contributed by atoms with Crippen LogP contribution in [0.3, 0.4) is 0 Å². The molecule has 0 aromatic heterocycles. The molecule has 0 aliphatic carbocycles. The molecule has 2 fully saturated rings. The Morgan fingerprint density at radius 3 is 2.52 bits per heavy atom. The van der Waals surface area contributed by atoms with E-state index in [0.29, 0.717) is 10.7 Å². The second kappa shape index (κ2) is 7.04. The molecule has 4 rings (SSSR count). The maximum atomic E-state index is 14.5. The van der Waals surface area contributed by atoms with E-state index in [9.17, 15) is 14.0 Å². The summed E-state index contributed by atoms with van der Waals surface area (Å²) in [5.74, 6) is -0.986. The van der Waals surface area contributed by atoms with Gasteiger partial charge in [0, 0.05) is 29.4 Å². The molecule has 138 valence electrons. The number of carbonyl (C=O) groups is 2. The Labute approximate surface area is 161 Å². The monoisotopic (exact) mass is 385 g/mol. The predicted molar refractivity (Wildman–Crippen MR) is 103 cm³/mol. The van der Waals surface area contributed by atoms with Crippen molar-refractivity contribution >= 4 is 41.0 Å². The number of halogens is 2. The Kier molecular flexibility index (Phi) is 4.58. The van der Waals surface area contributed by atoms with Crippen LogP contribution in [0.5, 0.6) is 0 Å². The number of imide groups is 1. The molecule has 0 radical (unpaired) electrons. The summed E-state index contributed by atoms with van der Waals surface area (Å²) in [6.07, 6.45) is 3.56. The van der Waals surface area contributed by atoms with E-state index in [1.807, 2.05) is 6.07 Å². The fourth-order valence-electron chi connectivity index (χ4n) is 3.35. The Morgan fingerprint density at radius 1 is 1.04 bits per heavy atom. The van der Waals surface area contributed by atoms with Crippen molar-refractivity contribution in [2.75, 3.05) is 22.9 Å². The lowest BCUT2D eigenvalue weighted by Crippen LogP contribution is -2.30. The van der Waals surface area contributed by atoms with Crippen LogP contribution in [0.2, 0.25) is 5.02 Å². The quantitative estimate of drug-likeness (QED) is 0.637. The lowest BCUT2D eigenvalue weighted by Gasteiger charge is -2.17. The van der Waals surface area contributed by atoms with Crippen LogP contribution in [-0.4, -0.2) is 25.0 Å². The molecule has 1 N–H and O–H groups in total. The average molecular weight is 386 g/mol. The summed E-state index contributed by atoms with van der Waals surface area (Å²) >= 11 is 5.94. The number of nitrogens with zero attached hydrogens (tertiary/aromatic N) is 2. The summed E-state index contributed by atoms with van der Waals surface area (Å²) in [6, 6.07) is 10.8. The lowest BCUT2D eigenvalue weighted by molar-refractivity contribution is -0.113. The van der Waals surface area contributed by atoms with Crippen molar-refractivity contribution in [1.82, 2.24) is 5.32 Å². The fraction of sp³-hybridized carbons (Fsp3) is 0.200. The van der Waals surface area contributed by atoms with E-state index in [2.05, 4.69) is 10.2 Å². The zero-order chi connectivity index (χ0) is 19.0. The summed E-state index contributed by atoms with van der Waals surface area (Å²) in [7, 11) is 0. The van der Waals surface area contributed by atoms with Gasteiger partial charge in [0.1, 0.15) is 11.5 Å². The molecule has 5 nitrogen and oxygen atoms in total. The average Bonchev–Trinajstić information content (AvgIpc) is 3.26. The van der Waals surface area contributed by atoms with Gasteiger partial charge in [-0.2, -0.15) is 0 Å². The van der Waals surface area contributed by atoms with Crippen molar-refractivity contribution in [2.45, 2.75) is 12.8 Å². The molecule has 2 aromatic rings. The van der Waals surface area contributed by atoms with Crippen molar-refractivity contribution in [3.05, 3.63) is 64.6 Å².